The van der Waals surface area contributed by atoms with Crippen LogP contribution in [0.25, 0.3) is 0 Å². The van der Waals surface area contributed by atoms with Gasteiger partial charge in [-0.05, 0) is 41.4 Å². The van der Waals surface area contributed by atoms with E-state index < -0.39 is 10.0 Å². The summed E-state index contributed by atoms with van der Waals surface area (Å²) in [4.78, 5) is 0. The fourth-order valence-electron chi connectivity index (χ4n) is 1.06. The highest BCUT2D eigenvalue weighted by molar-refractivity contribution is 14.1. The minimum Gasteiger partial charge on any atom is -0.358 e. The lowest BCUT2D eigenvalue weighted by molar-refractivity contribution is 0.0806. The third kappa shape index (κ3) is 5.37. The zero-order chi connectivity index (χ0) is 12.2. The van der Waals surface area contributed by atoms with Gasteiger partial charge in [0, 0.05) is 22.8 Å². The van der Waals surface area contributed by atoms with Crippen molar-refractivity contribution in [2.24, 2.45) is 0 Å². The number of ether oxygens (including phenoxy) is 1. The molecular formula is C10H18BrIN2OS. The summed E-state index contributed by atoms with van der Waals surface area (Å²) in [5.74, 6) is 1.15. The van der Waals surface area contributed by atoms with Gasteiger partial charge in [-0.3, -0.25) is 0 Å². The van der Waals surface area contributed by atoms with Crippen molar-refractivity contribution in [2.75, 3.05) is 31.1 Å². The maximum Gasteiger partial charge on any atom is 0.139 e. The number of rotatable bonds is 6. The number of hydrogen-bond acceptors (Lipinski definition) is 2. The van der Waals surface area contributed by atoms with Crippen LogP contribution in [-0.4, -0.2) is 40.9 Å². The Morgan fingerprint density at radius 2 is 2.19 bits per heavy atom. The van der Waals surface area contributed by atoms with E-state index in [0.29, 0.717) is 6.73 Å². The summed E-state index contributed by atoms with van der Waals surface area (Å²) >= 11 is 5.68. The molecule has 0 bridgehead atoms. The maximum absolute atomic E-state index is 5.61. The summed E-state index contributed by atoms with van der Waals surface area (Å²) in [5.41, 5.74) is 1.21. The van der Waals surface area contributed by atoms with Crippen LogP contribution in [0.4, 0.5) is 0 Å². The lowest BCUT2D eigenvalue weighted by Gasteiger charge is -2.24. The Kier molecular flexibility index (Phi) is 6.11. The molecule has 94 valence electrons. The predicted molar refractivity (Wildman–Crippen MR) is 83.8 cm³/mol. The number of hydrogen-bond donors (Lipinski definition) is 0. The van der Waals surface area contributed by atoms with Crippen molar-refractivity contribution in [1.82, 2.24) is 9.78 Å². The molecule has 1 aromatic heterocycles. The molecule has 0 saturated carbocycles. The van der Waals surface area contributed by atoms with Gasteiger partial charge in [0.1, 0.15) is 10.4 Å². The summed E-state index contributed by atoms with van der Waals surface area (Å²) in [7, 11) is -0.450. The van der Waals surface area contributed by atoms with Gasteiger partial charge in [0.05, 0.1) is 6.61 Å². The number of aromatic nitrogens is 2. The van der Waals surface area contributed by atoms with Gasteiger partial charge < -0.3 is 4.74 Å². The normalized spacial score (nSPS) is 13.1. The van der Waals surface area contributed by atoms with Gasteiger partial charge in [0.15, 0.2) is 0 Å². The average molecular weight is 421 g/mol. The highest BCUT2D eigenvalue weighted by atomic mass is 127. The smallest absolute Gasteiger partial charge is 0.139 e. The van der Waals surface area contributed by atoms with E-state index in [2.05, 4.69) is 62.4 Å². The molecule has 16 heavy (non-hydrogen) atoms. The van der Waals surface area contributed by atoms with Crippen LogP contribution in [0.1, 0.15) is 5.56 Å². The van der Waals surface area contributed by atoms with E-state index in [9.17, 15) is 0 Å². The minimum absolute atomic E-state index is 0.450. The fourth-order valence-corrected chi connectivity index (χ4v) is 3.22. The van der Waals surface area contributed by atoms with E-state index in [1.54, 1.807) is 0 Å². The quantitative estimate of drug-likeness (QED) is 0.401. The molecule has 0 aliphatic heterocycles. The van der Waals surface area contributed by atoms with Crippen molar-refractivity contribution in [2.45, 2.75) is 12.1 Å². The summed E-state index contributed by atoms with van der Waals surface area (Å²) in [6, 6.07) is 0. The van der Waals surface area contributed by atoms with E-state index in [1.807, 2.05) is 10.9 Å². The molecule has 0 aliphatic carbocycles. The summed E-state index contributed by atoms with van der Waals surface area (Å²) in [6.07, 6.45) is 8.93. The van der Waals surface area contributed by atoms with Crippen LogP contribution in [0.5, 0.6) is 0 Å². The first-order valence-corrected chi connectivity index (χ1v) is 10.2. The van der Waals surface area contributed by atoms with Crippen molar-refractivity contribution in [3.05, 3.63) is 15.5 Å². The van der Waals surface area contributed by atoms with Gasteiger partial charge in [-0.1, -0.05) is 15.9 Å². The van der Waals surface area contributed by atoms with Crippen molar-refractivity contribution >= 4 is 48.5 Å². The zero-order valence-corrected chi connectivity index (χ0v) is 14.4. The summed E-state index contributed by atoms with van der Waals surface area (Å²) in [5, 5.41) is 5.22. The van der Waals surface area contributed by atoms with E-state index in [1.165, 1.54) is 5.56 Å². The topological polar surface area (TPSA) is 27.1 Å². The molecule has 0 unspecified atom stereocenters. The van der Waals surface area contributed by atoms with Crippen molar-refractivity contribution in [3.63, 3.8) is 0 Å². The van der Waals surface area contributed by atoms with Gasteiger partial charge in [0.25, 0.3) is 0 Å². The summed E-state index contributed by atoms with van der Waals surface area (Å²) < 4.78 is 8.51. The molecule has 0 spiro atoms. The largest absolute Gasteiger partial charge is 0.358 e. The number of nitrogens with zero attached hydrogens (tertiary/aromatic N) is 2. The van der Waals surface area contributed by atoms with Crippen molar-refractivity contribution in [3.8, 4) is 0 Å². The lowest BCUT2D eigenvalue weighted by Crippen LogP contribution is -2.10. The predicted octanol–water partition coefficient (Wildman–Crippen LogP) is 3.05. The Bertz CT molecular complexity index is 338. The lowest BCUT2D eigenvalue weighted by atomic mass is 10.4. The molecule has 6 heteroatoms. The van der Waals surface area contributed by atoms with Crippen LogP contribution in [0.15, 0.2) is 6.20 Å². The molecule has 0 saturated heterocycles. The van der Waals surface area contributed by atoms with Gasteiger partial charge in [-0.25, -0.2) is 14.7 Å². The standard InChI is InChI=1S/C10H18BrIN2OS/c1-16(2,3)5-4-15-8-14-7-9(6-11)10(12)13-14/h7H,4-6,8H2,1-3H3. The average Bonchev–Trinajstić information content (AvgIpc) is 2.52. The molecule has 0 atom stereocenters. The maximum atomic E-state index is 5.61. The Balaban J connectivity index is 2.32. The van der Waals surface area contributed by atoms with E-state index >= 15 is 0 Å². The van der Waals surface area contributed by atoms with Crippen LogP contribution in [0.3, 0.4) is 0 Å². The van der Waals surface area contributed by atoms with Gasteiger partial charge in [-0.2, -0.15) is 5.10 Å². The van der Waals surface area contributed by atoms with Gasteiger partial charge in [-0.15, -0.1) is 0 Å². The fraction of sp³-hybridized carbons (Fsp3) is 0.700. The monoisotopic (exact) mass is 420 g/mol. The van der Waals surface area contributed by atoms with Crippen molar-refractivity contribution < 1.29 is 4.74 Å². The highest BCUT2D eigenvalue weighted by Gasteiger charge is 2.06. The molecule has 0 radical (unpaired) electrons. The third-order valence-corrected chi connectivity index (χ3v) is 4.90. The Labute approximate surface area is 121 Å². The second-order valence-electron chi connectivity index (χ2n) is 4.45. The van der Waals surface area contributed by atoms with Crippen LogP contribution < -0.4 is 0 Å². The SMILES string of the molecule is CS(C)(C)CCOCn1cc(CBr)c(I)n1. The first kappa shape index (κ1) is 14.8. The first-order chi connectivity index (χ1) is 7.42. The highest BCUT2D eigenvalue weighted by Crippen LogP contribution is 2.33. The molecule has 0 N–H and O–H groups in total. The molecule has 1 heterocycles. The molecule has 3 nitrogen and oxygen atoms in total. The van der Waals surface area contributed by atoms with Crippen LogP contribution in [-0.2, 0) is 16.8 Å². The molecule has 1 aromatic rings. The van der Waals surface area contributed by atoms with Crippen LogP contribution in [0.2, 0.25) is 0 Å². The van der Waals surface area contributed by atoms with E-state index in [-0.39, 0.29) is 0 Å². The third-order valence-electron chi connectivity index (χ3n) is 1.99. The molecule has 1 rings (SSSR count). The Morgan fingerprint density at radius 3 is 2.69 bits per heavy atom. The molecular weight excluding hydrogens is 403 g/mol. The van der Waals surface area contributed by atoms with E-state index in [4.69, 9.17) is 4.74 Å². The zero-order valence-electron chi connectivity index (χ0n) is 9.87. The molecule has 0 aromatic carbocycles. The van der Waals surface area contributed by atoms with Gasteiger partial charge >= 0.3 is 0 Å². The van der Waals surface area contributed by atoms with Crippen molar-refractivity contribution in [1.29, 1.82) is 0 Å². The Hall–Kier alpha value is 0.730. The first-order valence-electron chi connectivity index (χ1n) is 4.94. The molecule has 0 amide bonds. The summed E-state index contributed by atoms with van der Waals surface area (Å²) in [6.45, 7) is 1.37. The molecule has 0 aliphatic rings. The Morgan fingerprint density at radius 1 is 1.50 bits per heavy atom. The van der Waals surface area contributed by atoms with Crippen LogP contribution in [0, 0.1) is 3.70 Å². The second kappa shape index (κ2) is 6.61. The number of alkyl halides is 1. The van der Waals surface area contributed by atoms with E-state index in [0.717, 1.165) is 21.4 Å². The minimum atomic E-state index is -0.450. The van der Waals surface area contributed by atoms with Gasteiger partial charge in [0.2, 0.25) is 0 Å². The second-order valence-corrected chi connectivity index (χ2v) is 10.6. The van der Waals surface area contributed by atoms with Crippen LogP contribution >= 0.6 is 48.5 Å². The molecule has 0 fully saturated rings. The number of halogens is 2.